The van der Waals surface area contributed by atoms with E-state index in [1.54, 1.807) is 12.1 Å². The lowest BCUT2D eigenvalue weighted by Crippen LogP contribution is -2.23. The summed E-state index contributed by atoms with van der Waals surface area (Å²) in [7, 11) is 0. The Balaban J connectivity index is 1.93. The van der Waals surface area contributed by atoms with Gasteiger partial charge in [-0.1, -0.05) is 49.0 Å². The monoisotopic (exact) mass is 312 g/mol. The third kappa shape index (κ3) is 3.99. The summed E-state index contributed by atoms with van der Waals surface area (Å²) >= 11 is 12.3. The molecule has 0 bridgehead atoms. The van der Waals surface area contributed by atoms with Crippen molar-refractivity contribution in [2.45, 2.75) is 51.9 Å². The van der Waals surface area contributed by atoms with Crippen LogP contribution in [0.3, 0.4) is 0 Å². The number of hydrogen-bond donors (Lipinski definition) is 0. The highest BCUT2D eigenvalue weighted by Crippen LogP contribution is 2.33. The van der Waals surface area contributed by atoms with E-state index in [-0.39, 0.29) is 5.92 Å². The molecule has 0 N–H and O–H groups in total. The van der Waals surface area contributed by atoms with Gasteiger partial charge in [0.2, 0.25) is 0 Å². The van der Waals surface area contributed by atoms with Crippen molar-refractivity contribution in [1.29, 1.82) is 0 Å². The predicted octanol–water partition coefficient (Wildman–Crippen LogP) is 5.71. The number of Topliss-reactive ketones (excluding diaryl/α,β-unsaturated/α-hetero) is 1. The van der Waals surface area contributed by atoms with Crippen molar-refractivity contribution in [3.8, 4) is 0 Å². The molecular formula is C17H22Cl2O. The van der Waals surface area contributed by atoms with Gasteiger partial charge in [-0.25, -0.2) is 0 Å². The van der Waals surface area contributed by atoms with Crippen LogP contribution in [0.4, 0.5) is 0 Å². The minimum absolute atomic E-state index is 0.204. The molecule has 0 aliphatic heterocycles. The molecule has 3 heteroatoms. The highest BCUT2D eigenvalue weighted by molar-refractivity contribution is 6.36. The molecule has 20 heavy (non-hydrogen) atoms. The Morgan fingerprint density at radius 1 is 1.15 bits per heavy atom. The van der Waals surface area contributed by atoms with Crippen molar-refractivity contribution in [2.75, 3.05) is 0 Å². The van der Waals surface area contributed by atoms with Crippen LogP contribution in [0.1, 0.15) is 51.0 Å². The molecule has 2 rings (SSSR count). The highest BCUT2D eigenvalue weighted by atomic mass is 35.5. The third-order valence-electron chi connectivity index (χ3n) is 4.41. The summed E-state index contributed by atoms with van der Waals surface area (Å²) in [6, 6.07) is 5.41. The molecule has 0 heterocycles. The van der Waals surface area contributed by atoms with E-state index in [1.165, 1.54) is 25.7 Å². The zero-order valence-corrected chi connectivity index (χ0v) is 13.5. The van der Waals surface area contributed by atoms with Gasteiger partial charge in [-0.2, -0.15) is 0 Å². The molecule has 1 aliphatic carbocycles. The number of rotatable bonds is 5. The van der Waals surface area contributed by atoms with E-state index >= 15 is 0 Å². The van der Waals surface area contributed by atoms with E-state index in [2.05, 4.69) is 6.92 Å². The van der Waals surface area contributed by atoms with Crippen LogP contribution in [0.15, 0.2) is 18.2 Å². The lowest BCUT2D eigenvalue weighted by molar-refractivity contribution is -0.123. The van der Waals surface area contributed by atoms with Gasteiger partial charge in [0.1, 0.15) is 5.78 Å². The Morgan fingerprint density at radius 2 is 1.75 bits per heavy atom. The largest absolute Gasteiger partial charge is 0.299 e. The third-order valence-corrected chi connectivity index (χ3v) is 5.12. The average Bonchev–Trinajstić information content (AvgIpc) is 2.44. The average molecular weight is 313 g/mol. The Kier molecular flexibility index (Phi) is 5.92. The second-order valence-corrected chi connectivity index (χ2v) is 6.66. The minimum atomic E-state index is 0.204. The standard InChI is InChI=1S/C17H22Cl2O/c1-2-4-12-7-9-13(10-8-12)17(20)11-14-15(18)5-3-6-16(14)19/h3,5-6,12-13H,2,4,7-11H2,1H3. The maximum Gasteiger partial charge on any atom is 0.140 e. The van der Waals surface area contributed by atoms with Crippen molar-refractivity contribution in [3.63, 3.8) is 0 Å². The molecule has 1 aliphatic rings. The van der Waals surface area contributed by atoms with Crippen molar-refractivity contribution >= 4 is 29.0 Å². The van der Waals surface area contributed by atoms with Crippen molar-refractivity contribution in [2.24, 2.45) is 11.8 Å². The topological polar surface area (TPSA) is 17.1 Å². The smallest absolute Gasteiger partial charge is 0.140 e. The van der Waals surface area contributed by atoms with Crippen LogP contribution in [-0.2, 0) is 11.2 Å². The first-order valence-electron chi connectivity index (χ1n) is 7.57. The molecule has 0 amide bonds. The van der Waals surface area contributed by atoms with Gasteiger partial charge < -0.3 is 0 Å². The van der Waals surface area contributed by atoms with Crippen LogP contribution >= 0.6 is 23.2 Å². The lowest BCUT2D eigenvalue weighted by Gasteiger charge is -2.27. The quantitative estimate of drug-likeness (QED) is 0.680. The first-order chi connectivity index (χ1) is 9.61. The number of benzene rings is 1. The number of carbonyl (C=O) groups is 1. The summed E-state index contributed by atoms with van der Waals surface area (Å²) in [5.41, 5.74) is 0.788. The SMILES string of the molecule is CCCC1CCC(C(=O)Cc2c(Cl)cccc2Cl)CC1. The van der Waals surface area contributed by atoms with Gasteiger partial charge in [0.15, 0.2) is 0 Å². The molecule has 0 atom stereocenters. The normalized spacial score (nSPS) is 22.8. The van der Waals surface area contributed by atoms with Crippen LogP contribution in [0.2, 0.25) is 10.0 Å². The van der Waals surface area contributed by atoms with Gasteiger partial charge in [0, 0.05) is 22.4 Å². The van der Waals surface area contributed by atoms with Gasteiger partial charge in [-0.3, -0.25) is 4.79 Å². The molecule has 1 aromatic rings. The van der Waals surface area contributed by atoms with Gasteiger partial charge in [-0.05, 0) is 49.3 Å². The first kappa shape index (κ1) is 15.9. The van der Waals surface area contributed by atoms with Crippen LogP contribution < -0.4 is 0 Å². The van der Waals surface area contributed by atoms with E-state index in [9.17, 15) is 4.79 Å². The molecule has 110 valence electrons. The van der Waals surface area contributed by atoms with E-state index in [1.807, 2.05) is 6.07 Å². The van der Waals surface area contributed by atoms with Crippen molar-refractivity contribution in [3.05, 3.63) is 33.8 Å². The molecule has 0 unspecified atom stereocenters. The minimum Gasteiger partial charge on any atom is -0.299 e. The maximum absolute atomic E-state index is 12.4. The second kappa shape index (κ2) is 7.47. The Bertz CT molecular complexity index is 442. The zero-order valence-electron chi connectivity index (χ0n) is 12.0. The van der Waals surface area contributed by atoms with Crippen LogP contribution in [0.25, 0.3) is 0 Å². The fourth-order valence-corrected chi connectivity index (χ4v) is 3.73. The lowest BCUT2D eigenvalue weighted by atomic mass is 9.77. The summed E-state index contributed by atoms with van der Waals surface area (Å²) in [5, 5.41) is 1.20. The second-order valence-electron chi connectivity index (χ2n) is 5.85. The van der Waals surface area contributed by atoms with E-state index in [0.717, 1.165) is 24.3 Å². The Morgan fingerprint density at radius 3 is 2.30 bits per heavy atom. The molecule has 0 spiro atoms. The highest BCUT2D eigenvalue weighted by Gasteiger charge is 2.26. The number of ketones is 1. The Labute approximate surface area is 131 Å². The summed E-state index contributed by atoms with van der Waals surface area (Å²) in [6.07, 6.45) is 7.38. The number of carbonyl (C=O) groups excluding carboxylic acids is 1. The molecule has 0 saturated heterocycles. The van der Waals surface area contributed by atoms with Crippen LogP contribution in [0.5, 0.6) is 0 Å². The summed E-state index contributed by atoms with van der Waals surface area (Å²) < 4.78 is 0. The van der Waals surface area contributed by atoms with E-state index in [4.69, 9.17) is 23.2 Å². The fourth-order valence-electron chi connectivity index (χ4n) is 3.20. The Hall–Kier alpha value is -0.530. The summed E-state index contributed by atoms with van der Waals surface area (Å²) in [6.45, 7) is 2.23. The van der Waals surface area contributed by atoms with Crippen LogP contribution in [0, 0.1) is 11.8 Å². The predicted molar refractivity (Wildman–Crippen MR) is 85.5 cm³/mol. The number of halogens is 2. The molecule has 0 radical (unpaired) electrons. The van der Waals surface area contributed by atoms with Gasteiger partial charge in [0.25, 0.3) is 0 Å². The van der Waals surface area contributed by atoms with E-state index < -0.39 is 0 Å². The molecular weight excluding hydrogens is 291 g/mol. The number of hydrogen-bond acceptors (Lipinski definition) is 1. The molecule has 1 aromatic carbocycles. The van der Waals surface area contributed by atoms with Gasteiger partial charge >= 0.3 is 0 Å². The van der Waals surface area contributed by atoms with E-state index in [0.29, 0.717) is 22.2 Å². The van der Waals surface area contributed by atoms with Crippen molar-refractivity contribution in [1.82, 2.24) is 0 Å². The molecule has 1 fully saturated rings. The van der Waals surface area contributed by atoms with Gasteiger partial charge in [0.05, 0.1) is 0 Å². The van der Waals surface area contributed by atoms with Gasteiger partial charge in [-0.15, -0.1) is 0 Å². The summed E-state index contributed by atoms with van der Waals surface area (Å²) in [4.78, 5) is 12.4. The summed E-state index contributed by atoms with van der Waals surface area (Å²) in [5.74, 6) is 1.33. The van der Waals surface area contributed by atoms with Crippen molar-refractivity contribution < 1.29 is 4.79 Å². The maximum atomic E-state index is 12.4. The van der Waals surface area contributed by atoms with Crippen LogP contribution in [-0.4, -0.2) is 5.78 Å². The fraction of sp³-hybridized carbons (Fsp3) is 0.588. The first-order valence-corrected chi connectivity index (χ1v) is 8.33. The molecule has 1 nitrogen and oxygen atoms in total. The zero-order chi connectivity index (χ0) is 14.5. The molecule has 0 aromatic heterocycles. The molecule has 1 saturated carbocycles.